The highest BCUT2D eigenvalue weighted by molar-refractivity contribution is 6.32. The van der Waals surface area contributed by atoms with Crippen LogP contribution in [-0.2, 0) is 9.53 Å². The van der Waals surface area contributed by atoms with Crippen LogP contribution in [0.3, 0.4) is 0 Å². The Balaban J connectivity index is 2.31. The molecule has 0 bridgehead atoms. The molecule has 30 heavy (non-hydrogen) atoms. The van der Waals surface area contributed by atoms with Gasteiger partial charge in [0, 0.05) is 18.7 Å². The SMILES string of the molecule is CCOC(=O)c1cc(/C=C/[C@H](C)CC(C)=O)cnc1Oc1ccc(OCC)cc1Cl. The first-order chi connectivity index (χ1) is 14.3. The molecular formula is C23H26ClNO5. The van der Waals surface area contributed by atoms with Crippen LogP contribution in [0.25, 0.3) is 6.08 Å². The third-order valence-corrected chi connectivity index (χ3v) is 4.31. The number of ether oxygens (including phenoxy) is 3. The van der Waals surface area contributed by atoms with Crippen molar-refractivity contribution in [1.29, 1.82) is 0 Å². The molecule has 0 spiro atoms. The van der Waals surface area contributed by atoms with Crippen molar-refractivity contribution in [3.63, 3.8) is 0 Å². The summed E-state index contributed by atoms with van der Waals surface area (Å²) in [4.78, 5) is 28.0. The first-order valence-electron chi connectivity index (χ1n) is 9.79. The highest BCUT2D eigenvalue weighted by atomic mass is 35.5. The van der Waals surface area contributed by atoms with Crippen LogP contribution in [0.1, 0.15) is 50.0 Å². The maximum atomic E-state index is 12.5. The van der Waals surface area contributed by atoms with Crippen LogP contribution in [0.15, 0.2) is 36.5 Å². The predicted molar refractivity (Wildman–Crippen MR) is 116 cm³/mol. The fraction of sp³-hybridized carbons (Fsp3) is 0.348. The van der Waals surface area contributed by atoms with Gasteiger partial charge in [-0.25, -0.2) is 9.78 Å². The van der Waals surface area contributed by atoms with Crippen molar-refractivity contribution in [2.75, 3.05) is 13.2 Å². The molecule has 0 aliphatic rings. The Bertz CT molecular complexity index is 926. The minimum Gasteiger partial charge on any atom is -0.494 e. The molecule has 0 fully saturated rings. The van der Waals surface area contributed by atoms with Crippen molar-refractivity contribution in [3.8, 4) is 17.4 Å². The number of hydrogen-bond acceptors (Lipinski definition) is 6. The molecule has 6 nitrogen and oxygen atoms in total. The van der Waals surface area contributed by atoms with E-state index in [4.69, 9.17) is 25.8 Å². The quantitative estimate of drug-likeness (QED) is 0.447. The Morgan fingerprint density at radius 2 is 1.97 bits per heavy atom. The molecule has 1 heterocycles. The Hall–Kier alpha value is -2.86. The zero-order valence-corrected chi connectivity index (χ0v) is 18.4. The summed E-state index contributed by atoms with van der Waals surface area (Å²) in [6.07, 6.45) is 5.75. The van der Waals surface area contributed by atoms with Gasteiger partial charge in [0.1, 0.15) is 22.8 Å². The molecule has 0 unspecified atom stereocenters. The number of pyridine rings is 1. The van der Waals surface area contributed by atoms with Crippen LogP contribution in [-0.4, -0.2) is 30.0 Å². The monoisotopic (exact) mass is 431 g/mol. The molecule has 0 saturated heterocycles. The van der Waals surface area contributed by atoms with Gasteiger partial charge in [-0.15, -0.1) is 0 Å². The highest BCUT2D eigenvalue weighted by Gasteiger charge is 2.18. The second-order valence-corrected chi connectivity index (χ2v) is 7.12. The molecule has 1 aromatic carbocycles. The first kappa shape index (κ1) is 23.4. The standard InChI is InChI=1S/C23H26ClNO5/c1-5-28-18-9-10-21(20(24)13-18)30-22-19(23(27)29-6-2)12-17(14-25-22)8-7-15(3)11-16(4)26/h7-10,12-15H,5-6,11H2,1-4H3/b8-7+/t15-/m0/s1. The van der Waals surface area contributed by atoms with E-state index in [0.29, 0.717) is 35.1 Å². The largest absolute Gasteiger partial charge is 0.494 e. The molecule has 0 N–H and O–H groups in total. The number of benzene rings is 1. The summed E-state index contributed by atoms with van der Waals surface area (Å²) in [5.74, 6) is 0.702. The molecule has 1 atom stereocenters. The number of ketones is 1. The lowest BCUT2D eigenvalue weighted by Crippen LogP contribution is -2.08. The van der Waals surface area contributed by atoms with Crippen molar-refractivity contribution >= 4 is 29.4 Å². The van der Waals surface area contributed by atoms with Crippen molar-refractivity contribution in [2.45, 2.75) is 34.1 Å². The third kappa shape index (κ3) is 6.88. The van der Waals surface area contributed by atoms with Crippen LogP contribution >= 0.6 is 11.6 Å². The van der Waals surface area contributed by atoms with Gasteiger partial charge in [0.25, 0.3) is 0 Å². The molecule has 1 aromatic heterocycles. The minimum absolute atomic E-state index is 0.0760. The van der Waals surface area contributed by atoms with Crippen LogP contribution in [0, 0.1) is 5.92 Å². The van der Waals surface area contributed by atoms with Gasteiger partial charge in [-0.05, 0) is 50.5 Å². The Morgan fingerprint density at radius 3 is 2.60 bits per heavy atom. The van der Waals surface area contributed by atoms with Gasteiger partial charge < -0.3 is 19.0 Å². The van der Waals surface area contributed by atoms with E-state index in [1.165, 1.54) is 0 Å². The minimum atomic E-state index is -0.547. The zero-order valence-electron chi connectivity index (χ0n) is 17.6. The summed E-state index contributed by atoms with van der Waals surface area (Å²) >= 11 is 6.28. The van der Waals surface area contributed by atoms with Gasteiger partial charge >= 0.3 is 5.97 Å². The van der Waals surface area contributed by atoms with E-state index in [0.717, 1.165) is 0 Å². The molecule has 0 aliphatic carbocycles. The van der Waals surface area contributed by atoms with E-state index < -0.39 is 5.97 Å². The van der Waals surface area contributed by atoms with E-state index in [1.807, 2.05) is 26.0 Å². The van der Waals surface area contributed by atoms with Crippen molar-refractivity contribution < 1.29 is 23.8 Å². The predicted octanol–water partition coefficient (Wildman–Crippen LogP) is 5.73. The summed E-state index contributed by atoms with van der Waals surface area (Å²) in [5.41, 5.74) is 0.877. The number of Topliss-reactive ketones (excluding diaryl/α,β-unsaturated/α-hetero) is 1. The number of hydrogen-bond donors (Lipinski definition) is 0. The number of nitrogens with zero attached hydrogens (tertiary/aromatic N) is 1. The van der Waals surface area contributed by atoms with E-state index in [-0.39, 0.29) is 29.8 Å². The van der Waals surface area contributed by atoms with Crippen molar-refractivity contribution in [3.05, 3.63) is 52.7 Å². The summed E-state index contributed by atoms with van der Waals surface area (Å²) in [6, 6.07) is 6.65. The number of halogens is 1. The highest BCUT2D eigenvalue weighted by Crippen LogP contribution is 2.33. The first-order valence-corrected chi connectivity index (χ1v) is 10.2. The van der Waals surface area contributed by atoms with Gasteiger partial charge in [0.2, 0.25) is 5.88 Å². The number of rotatable bonds is 10. The van der Waals surface area contributed by atoms with Gasteiger partial charge in [0.05, 0.1) is 18.2 Å². The van der Waals surface area contributed by atoms with Gasteiger partial charge in [-0.2, -0.15) is 0 Å². The number of esters is 1. The Kier molecular flexibility index (Phi) is 8.87. The lowest BCUT2D eigenvalue weighted by molar-refractivity contribution is -0.117. The molecule has 0 aliphatic heterocycles. The molecule has 0 saturated carbocycles. The van der Waals surface area contributed by atoms with Crippen LogP contribution in [0.4, 0.5) is 0 Å². The Morgan fingerprint density at radius 1 is 1.20 bits per heavy atom. The Labute approximate surface area is 181 Å². The third-order valence-electron chi connectivity index (χ3n) is 4.02. The van der Waals surface area contributed by atoms with Gasteiger partial charge in [0.15, 0.2) is 0 Å². The lowest BCUT2D eigenvalue weighted by atomic mass is 10.0. The second kappa shape index (κ2) is 11.4. The van der Waals surface area contributed by atoms with Crippen LogP contribution in [0.5, 0.6) is 17.4 Å². The van der Waals surface area contributed by atoms with E-state index in [9.17, 15) is 9.59 Å². The molecule has 0 amide bonds. The summed E-state index contributed by atoms with van der Waals surface area (Å²) < 4.78 is 16.4. The van der Waals surface area contributed by atoms with E-state index >= 15 is 0 Å². The maximum Gasteiger partial charge on any atom is 0.343 e. The molecule has 160 valence electrons. The van der Waals surface area contributed by atoms with Crippen LogP contribution in [0.2, 0.25) is 5.02 Å². The number of carbonyl (C=O) groups is 2. The summed E-state index contributed by atoms with van der Waals surface area (Å²) in [7, 11) is 0. The van der Waals surface area contributed by atoms with Crippen LogP contribution < -0.4 is 9.47 Å². The summed E-state index contributed by atoms with van der Waals surface area (Å²) in [6.45, 7) is 7.85. The fourth-order valence-corrected chi connectivity index (χ4v) is 2.93. The van der Waals surface area contributed by atoms with Crippen molar-refractivity contribution in [1.82, 2.24) is 4.98 Å². The normalized spacial score (nSPS) is 11.9. The lowest BCUT2D eigenvalue weighted by Gasteiger charge is -2.12. The van der Waals surface area contributed by atoms with Crippen molar-refractivity contribution in [2.24, 2.45) is 5.92 Å². The average Bonchev–Trinajstić information content (AvgIpc) is 2.69. The number of carbonyl (C=O) groups excluding carboxylic acids is 2. The summed E-state index contributed by atoms with van der Waals surface area (Å²) in [5, 5.41) is 0.333. The average molecular weight is 432 g/mol. The molecule has 0 radical (unpaired) electrons. The smallest absolute Gasteiger partial charge is 0.343 e. The molecule has 7 heteroatoms. The maximum absolute atomic E-state index is 12.5. The van der Waals surface area contributed by atoms with Gasteiger partial charge in [-0.3, -0.25) is 0 Å². The van der Waals surface area contributed by atoms with E-state index in [2.05, 4.69) is 4.98 Å². The molecular weight excluding hydrogens is 406 g/mol. The zero-order chi connectivity index (χ0) is 22.1. The molecule has 2 rings (SSSR count). The number of aromatic nitrogens is 1. The second-order valence-electron chi connectivity index (χ2n) is 6.71. The van der Waals surface area contributed by atoms with Gasteiger partial charge in [-0.1, -0.05) is 30.7 Å². The number of allylic oxidation sites excluding steroid dienone is 1. The molecule has 2 aromatic rings. The fourth-order valence-electron chi connectivity index (χ4n) is 2.72. The topological polar surface area (TPSA) is 74.7 Å². The van der Waals surface area contributed by atoms with E-state index in [1.54, 1.807) is 44.3 Å².